The van der Waals surface area contributed by atoms with Gasteiger partial charge in [-0.25, -0.2) is 0 Å². The van der Waals surface area contributed by atoms with E-state index in [0.717, 1.165) is 25.7 Å². The van der Waals surface area contributed by atoms with Crippen molar-refractivity contribution in [2.45, 2.75) is 84.0 Å². The van der Waals surface area contributed by atoms with Crippen LogP contribution in [0.2, 0.25) is 0 Å². The van der Waals surface area contributed by atoms with E-state index in [2.05, 4.69) is 19.1 Å². The fourth-order valence-electron chi connectivity index (χ4n) is 2.56. The van der Waals surface area contributed by atoms with Crippen molar-refractivity contribution in [3.05, 3.63) is 12.2 Å². The molecule has 0 rings (SSSR count). The summed E-state index contributed by atoms with van der Waals surface area (Å²) in [6, 6.07) is 0. The molecular weight excluding hydrogens is 338 g/mol. The highest BCUT2D eigenvalue weighted by atomic mass is 32.2. The van der Waals surface area contributed by atoms with Crippen LogP contribution in [0.25, 0.3) is 0 Å². The molecular formula is C19H37NO4S. The first-order valence-electron chi connectivity index (χ1n) is 9.71. The van der Waals surface area contributed by atoms with E-state index in [-0.39, 0.29) is 12.5 Å². The zero-order chi connectivity index (χ0) is 19.0. The van der Waals surface area contributed by atoms with Gasteiger partial charge < -0.3 is 4.90 Å². The van der Waals surface area contributed by atoms with Crippen molar-refractivity contribution in [2.24, 2.45) is 0 Å². The molecule has 0 bridgehead atoms. The highest BCUT2D eigenvalue weighted by Gasteiger charge is 2.12. The van der Waals surface area contributed by atoms with E-state index in [0.29, 0.717) is 6.42 Å². The summed E-state index contributed by atoms with van der Waals surface area (Å²) in [5.74, 6) is -0.462. The maximum atomic E-state index is 11.8. The van der Waals surface area contributed by atoms with Crippen LogP contribution in [0.1, 0.15) is 84.0 Å². The topological polar surface area (TPSA) is 74.7 Å². The largest absolute Gasteiger partial charge is 0.345 e. The third kappa shape index (κ3) is 17.7. The second-order valence-electron chi connectivity index (χ2n) is 6.73. The van der Waals surface area contributed by atoms with E-state index in [1.165, 1.54) is 49.8 Å². The van der Waals surface area contributed by atoms with Gasteiger partial charge in [-0.3, -0.25) is 9.35 Å². The third-order valence-electron chi connectivity index (χ3n) is 4.26. The van der Waals surface area contributed by atoms with Crippen LogP contribution in [0, 0.1) is 0 Å². The van der Waals surface area contributed by atoms with Crippen LogP contribution in [0.4, 0.5) is 0 Å². The lowest BCUT2D eigenvalue weighted by Gasteiger charge is -2.16. The van der Waals surface area contributed by atoms with Crippen molar-refractivity contribution >= 4 is 16.0 Å². The lowest BCUT2D eigenvalue weighted by Crippen LogP contribution is -2.31. The molecule has 0 aromatic carbocycles. The predicted octanol–water partition coefficient (Wildman–Crippen LogP) is 4.59. The van der Waals surface area contributed by atoms with E-state index in [1.54, 1.807) is 7.05 Å². The number of nitrogens with zero attached hydrogens (tertiary/aromatic N) is 1. The summed E-state index contributed by atoms with van der Waals surface area (Å²) in [6.07, 6.45) is 18.0. The molecule has 0 unspecified atom stereocenters. The lowest BCUT2D eigenvalue weighted by atomic mass is 10.1. The smallest absolute Gasteiger partial charge is 0.266 e. The number of unbranched alkanes of at least 4 members (excludes halogenated alkanes) is 9. The van der Waals surface area contributed by atoms with Crippen LogP contribution >= 0.6 is 0 Å². The van der Waals surface area contributed by atoms with Gasteiger partial charge in [0.15, 0.2) is 0 Å². The first-order valence-corrected chi connectivity index (χ1v) is 11.3. The summed E-state index contributed by atoms with van der Waals surface area (Å²) in [7, 11) is -2.43. The monoisotopic (exact) mass is 375 g/mol. The molecule has 0 heterocycles. The Labute approximate surface area is 154 Å². The molecule has 148 valence electrons. The average molecular weight is 376 g/mol. The third-order valence-corrected chi connectivity index (χ3v) is 4.96. The van der Waals surface area contributed by atoms with E-state index in [4.69, 9.17) is 4.55 Å². The van der Waals surface area contributed by atoms with Gasteiger partial charge in [0.1, 0.15) is 0 Å². The minimum Gasteiger partial charge on any atom is -0.345 e. The Bertz CT molecular complexity index is 460. The molecule has 0 aromatic rings. The molecule has 0 aliphatic rings. The summed E-state index contributed by atoms with van der Waals surface area (Å²) in [5, 5.41) is 0. The molecule has 0 atom stereocenters. The van der Waals surface area contributed by atoms with Crippen molar-refractivity contribution < 1.29 is 17.8 Å². The summed E-state index contributed by atoms with van der Waals surface area (Å²) >= 11 is 0. The Balaban J connectivity index is 3.45. The summed E-state index contributed by atoms with van der Waals surface area (Å²) in [6.45, 7) is 2.27. The number of carbonyl (C=O) groups excluding carboxylic acids is 1. The number of hydrogen-bond donors (Lipinski definition) is 1. The molecule has 1 N–H and O–H groups in total. The zero-order valence-electron chi connectivity index (χ0n) is 16.1. The second kappa shape index (κ2) is 15.4. The fourth-order valence-corrected chi connectivity index (χ4v) is 3.07. The zero-order valence-corrected chi connectivity index (χ0v) is 16.9. The number of allylic oxidation sites excluding steroid dienone is 2. The molecule has 25 heavy (non-hydrogen) atoms. The molecule has 0 aromatic heterocycles. The maximum Gasteiger partial charge on any atom is 0.266 e. The van der Waals surface area contributed by atoms with E-state index < -0.39 is 15.9 Å². The first kappa shape index (κ1) is 24.1. The van der Waals surface area contributed by atoms with Gasteiger partial charge in [0.05, 0.1) is 5.75 Å². The molecule has 5 nitrogen and oxygen atoms in total. The van der Waals surface area contributed by atoms with Gasteiger partial charge in [0.25, 0.3) is 10.1 Å². The van der Waals surface area contributed by atoms with Crippen LogP contribution < -0.4 is 0 Å². The molecule has 0 saturated carbocycles. The maximum absolute atomic E-state index is 11.8. The van der Waals surface area contributed by atoms with Crippen LogP contribution in [0.3, 0.4) is 0 Å². The molecule has 0 aliphatic carbocycles. The van der Waals surface area contributed by atoms with Gasteiger partial charge in [0, 0.05) is 20.0 Å². The number of amides is 1. The highest BCUT2D eigenvalue weighted by molar-refractivity contribution is 7.85. The minimum absolute atomic E-state index is 0.0441. The van der Waals surface area contributed by atoms with E-state index in [1.807, 2.05) is 0 Å². The van der Waals surface area contributed by atoms with Crippen LogP contribution in [-0.2, 0) is 14.9 Å². The summed E-state index contributed by atoms with van der Waals surface area (Å²) in [4.78, 5) is 13.2. The quantitative estimate of drug-likeness (QED) is 0.243. The summed E-state index contributed by atoms with van der Waals surface area (Å²) < 4.78 is 30.0. The first-order chi connectivity index (χ1) is 11.9. The lowest BCUT2D eigenvalue weighted by molar-refractivity contribution is -0.129. The van der Waals surface area contributed by atoms with Crippen molar-refractivity contribution in [3.8, 4) is 0 Å². The van der Waals surface area contributed by atoms with Crippen molar-refractivity contribution in [3.63, 3.8) is 0 Å². The Morgan fingerprint density at radius 2 is 1.44 bits per heavy atom. The Hall–Kier alpha value is -0.880. The van der Waals surface area contributed by atoms with Gasteiger partial charge in [-0.05, 0) is 32.1 Å². The molecule has 0 radical (unpaired) electrons. The molecule has 6 heteroatoms. The van der Waals surface area contributed by atoms with Crippen LogP contribution in [0.5, 0.6) is 0 Å². The Kier molecular flexibility index (Phi) is 14.8. The normalized spacial score (nSPS) is 12.0. The fraction of sp³-hybridized carbons (Fsp3) is 0.842. The standard InChI is InChI=1S/C19H37NO4S/c1-3-4-5-6-7-8-9-10-11-12-13-14-15-16-19(21)20(2)17-18-25(22,23)24/h8-9H,3-7,10-18H2,1-2H3,(H,22,23,24)/b9-8-. The Morgan fingerprint density at radius 3 is 2.00 bits per heavy atom. The Morgan fingerprint density at radius 1 is 0.920 bits per heavy atom. The number of carbonyl (C=O) groups is 1. The SMILES string of the molecule is CCCCCC/C=C\CCCCCCCC(=O)N(C)CCS(=O)(=O)O. The molecule has 0 saturated heterocycles. The minimum atomic E-state index is -4.00. The number of hydrogen-bond acceptors (Lipinski definition) is 3. The molecule has 1 amide bonds. The van der Waals surface area contributed by atoms with Gasteiger partial charge in [-0.1, -0.05) is 57.6 Å². The average Bonchev–Trinajstić information content (AvgIpc) is 2.56. The van der Waals surface area contributed by atoms with E-state index >= 15 is 0 Å². The number of rotatable bonds is 16. The van der Waals surface area contributed by atoms with Crippen LogP contribution in [-0.4, -0.2) is 43.1 Å². The second-order valence-corrected chi connectivity index (χ2v) is 8.30. The van der Waals surface area contributed by atoms with Crippen molar-refractivity contribution in [1.29, 1.82) is 0 Å². The molecule has 0 aliphatic heterocycles. The van der Waals surface area contributed by atoms with Gasteiger partial charge in [-0.2, -0.15) is 8.42 Å². The van der Waals surface area contributed by atoms with Crippen molar-refractivity contribution in [2.75, 3.05) is 19.3 Å². The van der Waals surface area contributed by atoms with Gasteiger partial charge >= 0.3 is 0 Å². The van der Waals surface area contributed by atoms with Crippen LogP contribution in [0.15, 0.2) is 12.2 Å². The highest BCUT2D eigenvalue weighted by Crippen LogP contribution is 2.09. The predicted molar refractivity (Wildman–Crippen MR) is 104 cm³/mol. The van der Waals surface area contributed by atoms with Crippen molar-refractivity contribution in [1.82, 2.24) is 4.90 Å². The van der Waals surface area contributed by atoms with E-state index in [9.17, 15) is 13.2 Å². The van der Waals surface area contributed by atoms with Gasteiger partial charge in [0.2, 0.25) is 5.91 Å². The summed E-state index contributed by atoms with van der Waals surface area (Å²) in [5.41, 5.74) is 0. The molecule has 0 spiro atoms. The van der Waals surface area contributed by atoms with Gasteiger partial charge in [-0.15, -0.1) is 0 Å². The molecule has 0 fully saturated rings.